The maximum absolute atomic E-state index is 6.25. The van der Waals surface area contributed by atoms with Crippen molar-refractivity contribution in [3.05, 3.63) is 152 Å². The fourth-order valence-electron chi connectivity index (χ4n) is 6.93. The fraction of sp³-hybridized carbons (Fsp3) is 0. The second-order valence-electron chi connectivity index (χ2n) is 12.0. The highest BCUT2D eigenvalue weighted by atomic mass is 32.1. The van der Waals surface area contributed by atoms with E-state index in [0.29, 0.717) is 17.5 Å². The lowest BCUT2D eigenvalue weighted by molar-refractivity contribution is 0.669. The molecule has 5 heteroatoms. The van der Waals surface area contributed by atoms with Gasteiger partial charge in [0.25, 0.3) is 0 Å². The van der Waals surface area contributed by atoms with E-state index in [1.165, 1.54) is 20.2 Å². The van der Waals surface area contributed by atoms with Crippen molar-refractivity contribution in [3.63, 3.8) is 0 Å². The number of rotatable bonds is 4. The summed E-state index contributed by atoms with van der Waals surface area (Å²) >= 11 is 1.81. The van der Waals surface area contributed by atoms with Gasteiger partial charge in [0.15, 0.2) is 17.5 Å². The third kappa shape index (κ3) is 4.25. The van der Waals surface area contributed by atoms with Crippen LogP contribution < -0.4 is 0 Å². The van der Waals surface area contributed by atoms with Crippen LogP contribution in [0.25, 0.3) is 98.2 Å². The van der Waals surface area contributed by atoms with Gasteiger partial charge in [-0.2, -0.15) is 0 Å². The second-order valence-corrected chi connectivity index (χ2v) is 13.0. The predicted octanol–water partition coefficient (Wildman–Crippen LogP) is 12.0. The van der Waals surface area contributed by atoms with Crippen molar-refractivity contribution >= 4 is 64.2 Å². The Hall–Kier alpha value is -6.17. The van der Waals surface area contributed by atoms with E-state index in [0.717, 1.165) is 60.5 Å². The number of aromatic nitrogens is 3. The third-order valence-corrected chi connectivity index (χ3v) is 10.3. The minimum atomic E-state index is 0.642. The molecule has 0 saturated carbocycles. The Morgan fingerprint density at radius 1 is 0.375 bits per heavy atom. The summed E-state index contributed by atoms with van der Waals surface area (Å²) in [4.78, 5) is 15.3. The van der Waals surface area contributed by atoms with E-state index in [-0.39, 0.29) is 0 Å². The minimum Gasteiger partial charge on any atom is -0.456 e. The lowest BCUT2D eigenvalue weighted by Crippen LogP contribution is -2.00. The molecule has 3 heterocycles. The Labute approximate surface area is 279 Å². The Morgan fingerprint density at radius 2 is 1.00 bits per heavy atom. The number of para-hydroxylation sites is 1. The first-order chi connectivity index (χ1) is 23.8. The number of nitrogens with zero attached hydrogens (tertiary/aromatic N) is 3. The molecule has 3 aromatic heterocycles. The maximum atomic E-state index is 6.25. The molecule has 224 valence electrons. The van der Waals surface area contributed by atoms with Crippen LogP contribution in [0.15, 0.2) is 156 Å². The van der Waals surface area contributed by atoms with E-state index in [4.69, 9.17) is 19.4 Å². The van der Waals surface area contributed by atoms with Crippen LogP contribution in [0.2, 0.25) is 0 Å². The first kappa shape index (κ1) is 27.0. The van der Waals surface area contributed by atoms with Gasteiger partial charge >= 0.3 is 0 Å². The van der Waals surface area contributed by atoms with E-state index in [1.54, 1.807) is 0 Å². The SMILES string of the molecule is c1ccc(-c2nc(-c3ccc4sc5ccccc5c4c3)nc(-c3ccc(-c4cccc5oc6ccccc6c45)c4ccccc34)n2)cc1. The molecule has 7 aromatic carbocycles. The van der Waals surface area contributed by atoms with E-state index in [2.05, 4.69) is 115 Å². The lowest BCUT2D eigenvalue weighted by Gasteiger charge is -2.14. The topological polar surface area (TPSA) is 51.8 Å². The molecule has 0 aliphatic rings. The molecular formula is C43H25N3OS. The molecule has 0 radical (unpaired) electrons. The Morgan fingerprint density at radius 3 is 1.85 bits per heavy atom. The van der Waals surface area contributed by atoms with Crippen LogP contribution in [-0.4, -0.2) is 15.0 Å². The highest BCUT2D eigenvalue weighted by molar-refractivity contribution is 7.25. The standard InChI is InChI=1S/C43H25N3OS/c1-2-11-26(12-3-1)41-44-42(27-21-24-39-35(25-27)31-15-7-9-20-38(31)48-39)46-43(45-41)33-23-22-30(28-13-4-5-14-29(28)33)32-17-10-19-37-40(32)34-16-6-8-18-36(34)47-37/h1-25H. The third-order valence-electron chi connectivity index (χ3n) is 9.16. The Balaban J connectivity index is 1.20. The molecule has 0 aliphatic heterocycles. The molecule has 0 bridgehead atoms. The van der Waals surface area contributed by atoms with Gasteiger partial charge in [0, 0.05) is 47.6 Å². The molecule has 0 atom stereocenters. The van der Waals surface area contributed by atoms with Crippen molar-refractivity contribution in [2.24, 2.45) is 0 Å². The molecule has 0 saturated heterocycles. The molecule has 0 amide bonds. The van der Waals surface area contributed by atoms with Crippen molar-refractivity contribution < 1.29 is 4.42 Å². The van der Waals surface area contributed by atoms with Gasteiger partial charge in [0.2, 0.25) is 0 Å². The lowest BCUT2D eigenvalue weighted by atomic mass is 9.92. The van der Waals surface area contributed by atoms with E-state index in [1.807, 2.05) is 47.7 Å². The van der Waals surface area contributed by atoms with Crippen LogP contribution >= 0.6 is 11.3 Å². The number of fused-ring (bicyclic) bond motifs is 7. The van der Waals surface area contributed by atoms with Crippen LogP contribution in [0.5, 0.6) is 0 Å². The van der Waals surface area contributed by atoms with Crippen molar-refractivity contribution in [1.29, 1.82) is 0 Å². The largest absolute Gasteiger partial charge is 0.456 e. The summed E-state index contributed by atoms with van der Waals surface area (Å²) in [6, 6.07) is 52.7. The first-order valence-electron chi connectivity index (χ1n) is 15.9. The number of thiophene rings is 1. The van der Waals surface area contributed by atoms with Gasteiger partial charge in [0.1, 0.15) is 11.2 Å². The zero-order valence-electron chi connectivity index (χ0n) is 25.6. The maximum Gasteiger partial charge on any atom is 0.164 e. The van der Waals surface area contributed by atoms with Crippen LogP contribution in [0.4, 0.5) is 0 Å². The van der Waals surface area contributed by atoms with E-state index < -0.39 is 0 Å². The highest BCUT2D eigenvalue weighted by Gasteiger charge is 2.19. The highest BCUT2D eigenvalue weighted by Crippen LogP contribution is 2.42. The monoisotopic (exact) mass is 631 g/mol. The Bertz CT molecular complexity index is 2850. The molecule has 4 nitrogen and oxygen atoms in total. The van der Waals surface area contributed by atoms with Gasteiger partial charge in [-0.1, -0.05) is 109 Å². The average Bonchev–Trinajstić information content (AvgIpc) is 3.73. The quantitative estimate of drug-likeness (QED) is 0.194. The van der Waals surface area contributed by atoms with Gasteiger partial charge in [0.05, 0.1) is 0 Å². The molecule has 0 N–H and O–H groups in total. The van der Waals surface area contributed by atoms with E-state index >= 15 is 0 Å². The summed E-state index contributed by atoms with van der Waals surface area (Å²) in [7, 11) is 0. The molecule has 0 aliphatic carbocycles. The molecular weight excluding hydrogens is 607 g/mol. The molecule has 0 unspecified atom stereocenters. The number of furan rings is 1. The molecule has 10 rings (SSSR count). The zero-order chi connectivity index (χ0) is 31.6. The van der Waals surface area contributed by atoms with Crippen molar-refractivity contribution in [2.45, 2.75) is 0 Å². The summed E-state index contributed by atoms with van der Waals surface area (Å²) in [5, 5.41) is 6.90. The van der Waals surface area contributed by atoms with Gasteiger partial charge in [-0.15, -0.1) is 11.3 Å². The summed E-state index contributed by atoms with van der Waals surface area (Å²) in [6.45, 7) is 0. The fourth-order valence-corrected chi connectivity index (χ4v) is 8.02. The van der Waals surface area contributed by atoms with Crippen LogP contribution in [0.3, 0.4) is 0 Å². The summed E-state index contributed by atoms with van der Waals surface area (Å²) in [5.41, 5.74) is 6.92. The normalized spacial score (nSPS) is 11.8. The summed E-state index contributed by atoms with van der Waals surface area (Å²) in [5.74, 6) is 1.94. The minimum absolute atomic E-state index is 0.642. The Kier molecular flexibility index (Phi) is 6.01. The number of hydrogen-bond donors (Lipinski definition) is 0. The molecule has 0 fully saturated rings. The van der Waals surface area contributed by atoms with Gasteiger partial charge < -0.3 is 4.42 Å². The average molecular weight is 632 g/mol. The summed E-state index contributed by atoms with van der Waals surface area (Å²) < 4.78 is 8.77. The first-order valence-corrected chi connectivity index (χ1v) is 16.8. The zero-order valence-corrected chi connectivity index (χ0v) is 26.4. The smallest absolute Gasteiger partial charge is 0.164 e. The van der Waals surface area contributed by atoms with Gasteiger partial charge in [-0.25, -0.2) is 15.0 Å². The van der Waals surface area contributed by atoms with Crippen LogP contribution in [0.1, 0.15) is 0 Å². The molecule has 10 aromatic rings. The predicted molar refractivity (Wildman–Crippen MR) is 199 cm³/mol. The molecule has 48 heavy (non-hydrogen) atoms. The van der Waals surface area contributed by atoms with Crippen LogP contribution in [-0.2, 0) is 0 Å². The number of hydrogen-bond acceptors (Lipinski definition) is 5. The van der Waals surface area contributed by atoms with Gasteiger partial charge in [-0.3, -0.25) is 0 Å². The van der Waals surface area contributed by atoms with Crippen molar-refractivity contribution in [2.75, 3.05) is 0 Å². The van der Waals surface area contributed by atoms with E-state index in [9.17, 15) is 0 Å². The molecule has 0 spiro atoms. The van der Waals surface area contributed by atoms with Crippen LogP contribution in [0, 0.1) is 0 Å². The second kappa shape index (κ2) is 10.7. The van der Waals surface area contributed by atoms with Gasteiger partial charge in [-0.05, 0) is 64.4 Å². The van der Waals surface area contributed by atoms with Crippen molar-refractivity contribution in [3.8, 4) is 45.3 Å². The van der Waals surface area contributed by atoms with Crippen molar-refractivity contribution in [1.82, 2.24) is 15.0 Å². The summed E-state index contributed by atoms with van der Waals surface area (Å²) in [6.07, 6.45) is 0. The number of benzene rings is 7.